The molecule has 2 saturated heterocycles. The van der Waals surface area contributed by atoms with Gasteiger partial charge >= 0.3 is 6.03 Å². The number of anilines is 1. The van der Waals surface area contributed by atoms with Crippen molar-refractivity contribution in [3.05, 3.63) is 54.4 Å². The van der Waals surface area contributed by atoms with Crippen LogP contribution in [0, 0.1) is 0 Å². The van der Waals surface area contributed by atoms with Gasteiger partial charge in [-0.3, -0.25) is 14.5 Å². The molecule has 0 radical (unpaired) electrons. The molecular weight excluding hydrogens is 384 g/mol. The summed E-state index contributed by atoms with van der Waals surface area (Å²) in [4.78, 5) is 49.5. The number of hydrogen-bond acceptors (Lipinski definition) is 6. The van der Waals surface area contributed by atoms with Crippen molar-refractivity contribution in [2.75, 3.05) is 24.5 Å². The Hall–Kier alpha value is -3.49. The zero-order valence-corrected chi connectivity index (χ0v) is 16.7. The van der Waals surface area contributed by atoms with Crippen LogP contribution in [0.3, 0.4) is 0 Å². The van der Waals surface area contributed by atoms with Crippen LogP contribution in [0.25, 0.3) is 0 Å². The van der Waals surface area contributed by atoms with E-state index in [1.165, 1.54) is 0 Å². The van der Waals surface area contributed by atoms with Gasteiger partial charge < -0.3 is 15.5 Å². The second-order valence-corrected chi connectivity index (χ2v) is 7.71. The third-order valence-electron chi connectivity index (χ3n) is 5.55. The Morgan fingerprint density at radius 3 is 2.67 bits per heavy atom. The molecule has 2 fully saturated rings. The van der Waals surface area contributed by atoms with E-state index in [2.05, 4.69) is 20.6 Å². The number of imide groups is 1. The Morgan fingerprint density at radius 1 is 1.20 bits per heavy atom. The highest BCUT2D eigenvalue weighted by Gasteiger charge is 2.49. The highest BCUT2D eigenvalue weighted by atomic mass is 16.2. The second-order valence-electron chi connectivity index (χ2n) is 7.71. The third-order valence-corrected chi connectivity index (χ3v) is 5.55. The zero-order valence-electron chi connectivity index (χ0n) is 16.7. The molecule has 2 aliphatic heterocycles. The molecular formula is C21H24N6O3. The first kappa shape index (κ1) is 19.8. The molecule has 4 amide bonds. The molecule has 1 aromatic heterocycles. The smallest absolute Gasteiger partial charge is 0.325 e. The number of carbonyl (C=O) groups is 3. The van der Waals surface area contributed by atoms with Gasteiger partial charge in [0, 0.05) is 31.5 Å². The molecule has 9 nitrogen and oxygen atoms in total. The van der Waals surface area contributed by atoms with Crippen LogP contribution < -0.4 is 15.5 Å². The van der Waals surface area contributed by atoms with Crippen molar-refractivity contribution in [3.8, 4) is 0 Å². The van der Waals surface area contributed by atoms with Crippen LogP contribution in [0.15, 0.2) is 48.8 Å². The Morgan fingerprint density at radius 2 is 1.93 bits per heavy atom. The summed E-state index contributed by atoms with van der Waals surface area (Å²) in [5, 5.41) is 5.66. The van der Waals surface area contributed by atoms with Crippen LogP contribution in [0.5, 0.6) is 0 Å². The lowest BCUT2D eigenvalue weighted by Gasteiger charge is -2.33. The molecule has 156 valence electrons. The summed E-state index contributed by atoms with van der Waals surface area (Å²) in [6, 6.07) is 10.1. The molecule has 3 heterocycles. The predicted octanol–water partition coefficient (Wildman–Crippen LogP) is 1.03. The first-order chi connectivity index (χ1) is 14.5. The fourth-order valence-corrected chi connectivity index (χ4v) is 3.96. The molecule has 9 heteroatoms. The maximum absolute atomic E-state index is 12.9. The van der Waals surface area contributed by atoms with Gasteiger partial charge in [0.15, 0.2) is 0 Å². The van der Waals surface area contributed by atoms with Gasteiger partial charge in [0.25, 0.3) is 5.91 Å². The van der Waals surface area contributed by atoms with E-state index in [1.54, 1.807) is 49.6 Å². The molecule has 30 heavy (non-hydrogen) atoms. The van der Waals surface area contributed by atoms with Gasteiger partial charge in [-0.1, -0.05) is 30.3 Å². The van der Waals surface area contributed by atoms with Crippen molar-refractivity contribution in [1.29, 1.82) is 0 Å². The van der Waals surface area contributed by atoms with E-state index in [0.717, 1.165) is 24.3 Å². The van der Waals surface area contributed by atoms with Crippen molar-refractivity contribution in [2.24, 2.45) is 0 Å². The van der Waals surface area contributed by atoms with E-state index in [1.807, 2.05) is 11.0 Å². The zero-order chi connectivity index (χ0) is 21.1. The Balaban J connectivity index is 1.38. The second kappa shape index (κ2) is 8.10. The SMILES string of the molecule is CC1(c2ccccc2)NC(=O)N(CC(=O)NC2CCCN(c3ncccn3)C2)C1=O. The first-order valence-corrected chi connectivity index (χ1v) is 9.98. The first-order valence-electron chi connectivity index (χ1n) is 9.98. The molecule has 0 spiro atoms. The van der Waals surface area contributed by atoms with Crippen molar-refractivity contribution >= 4 is 23.8 Å². The minimum Gasteiger partial charge on any atom is -0.350 e. The van der Waals surface area contributed by atoms with E-state index in [-0.39, 0.29) is 18.5 Å². The van der Waals surface area contributed by atoms with Crippen LogP contribution in [-0.2, 0) is 15.1 Å². The van der Waals surface area contributed by atoms with Gasteiger partial charge in [-0.25, -0.2) is 14.8 Å². The lowest BCUT2D eigenvalue weighted by molar-refractivity contribution is -0.135. The summed E-state index contributed by atoms with van der Waals surface area (Å²) >= 11 is 0. The number of urea groups is 1. The van der Waals surface area contributed by atoms with Gasteiger partial charge in [-0.05, 0) is 31.4 Å². The topological polar surface area (TPSA) is 108 Å². The number of benzene rings is 1. The summed E-state index contributed by atoms with van der Waals surface area (Å²) in [5.41, 5.74) is -0.498. The Bertz CT molecular complexity index is 938. The van der Waals surface area contributed by atoms with Gasteiger partial charge in [0.05, 0.1) is 0 Å². The molecule has 2 unspecified atom stereocenters. The molecule has 2 aromatic rings. The maximum Gasteiger partial charge on any atom is 0.325 e. The number of rotatable bonds is 5. The van der Waals surface area contributed by atoms with Crippen LogP contribution in [0.4, 0.5) is 10.7 Å². The van der Waals surface area contributed by atoms with Crippen molar-refractivity contribution < 1.29 is 14.4 Å². The highest BCUT2D eigenvalue weighted by molar-refractivity contribution is 6.09. The molecule has 2 aliphatic rings. The largest absolute Gasteiger partial charge is 0.350 e. The third kappa shape index (κ3) is 3.83. The van der Waals surface area contributed by atoms with Gasteiger partial charge in [-0.2, -0.15) is 0 Å². The number of piperidine rings is 1. The quantitative estimate of drug-likeness (QED) is 0.716. The van der Waals surface area contributed by atoms with Crippen LogP contribution in [0.2, 0.25) is 0 Å². The molecule has 0 bridgehead atoms. The lowest BCUT2D eigenvalue weighted by Crippen LogP contribution is -2.51. The molecule has 4 rings (SSSR count). The van der Waals surface area contributed by atoms with Crippen LogP contribution in [-0.4, -0.2) is 58.4 Å². The fraction of sp³-hybridized carbons (Fsp3) is 0.381. The number of nitrogens with one attached hydrogen (secondary N) is 2. The minimum atomic E-state index is -1.18. The van der Waals surface area contributed by atoms with E-state index < -0.39 is 17.5 Å². The standard InChI is InChI=1S/C21H24N6O3/c1-21(15-7-3-2-4-8-15)18(29)27(20(30)25-21)14-17(28)24-16-9-5-12-26(13-16)19-22-10-6-11-23-19/h2-4,6-8,10-11,16H,5,9,12-14H2,1H3,(H,24,28)(H,25,30). The average molecular weight is 408 g/mol. The van der Waals surface area contributed by atoms with Crippen molar-refractivity contribution in [3.63, 3.8) is 0 Å². The molecule has 0 aliphatic carbocycles. The summed E-state index contributed by atoms with van der Waals surface area (Å²) in [7, 11) is 0. The summed E-state index contributed by atoms with van der Waals surface area (Å²) in [6.07, 6.45) is 5.08. The van der Waals surface area contributed by atoms with Crippen molar-refractivity contribution in [1.82, 2.24) is 25.5 Å². The number of carbonyl (C=O) groups excluding carboxylic acids is 3. The van der Waals surface area contributed by atoms with Crippen molar-refractivity contribution in [2.45, 2.75) is 31.3 Å². The highest BCUT2D eigenvalue weighted by Crippen LogP contribution is 2.28. The van der Waals surface area contributed by atoms with E-state index >= 15 is 0 Å². The van der Waals surface area contributed by atoms with Crippen LogP contribution >= 0.6 is 0 Å². The minimum absolute atomic E-state index is 0.101. The van der Waals surface area contributed by atoms with Gasteiger partial charge in [0.1, 0.15) is 12.1 Å². The monoisotopic (exact) mass is 408 g/mol. The van der Waals surface area contributed by atoms with E-state index in [9.17, 15) is 14.4 Å². The summed E-state index contributed by atoms with van der Waals surface area (Å²) in [5.74, 6) is -0.169. The fourth-order valence-electron chi connectivity index (χ4n) is 3.96. The Labute approximate surface area is 174 Å². The molecule has 2 N–H and O–H groups in total. The molecule has 1 aromatic carbocycles. The number of nitrogens with zero attached hydrogens (tertiary/aromatic N) is 4. The summed E-state index contributed by atoms with van der Waals surface area (Å²) < 4.78 is 0. The van der Waals surface area contributed by atoms with E-state index in [0.29, 0.717) is 18.1 Å². The Kier molecular flexibility index (Phi) is 5.35. The number of amides is 4. The number of hydrogen-bond donors (Lipinski definition) is 2. The summed E-state index contributed by atoms with van der Waals surface area (Å²) in [6.45, 7) is 2.74. The molecule has 2 atom stereocenters. The normalized spacial score (nSPS) is 24.0. The molecule has 0 saturated carbocycles. The van der Waals surface area contributed by atoms with Gasteiger partial charge in [0.2, 0.25) is 11.9 Å². The maximum atomic E-state index is 12.9. The van der Waals surface area contributed by atoms with Gasteiger partial charge in [-0.15, -0.1) is 0 Å². The number of aromatic nitrogens is 2. The van der Waals surface area contributed by atoms with E-state index in [4.69, 9.17) is 0 Å². The lowest BCUT2D eigenvalue weighted by atomic mass is 9.92. The van der Waals surface area contributed by atoms with Crippen LogP contribution in [0.1, 0.15) is 25.3 Å². The predicted molar refractivity (Wildman–Crippen MR) is 109 cm³/mol. The average Bonchev–Trinajstić information content (AvgIpc) is 2.99.